The van der Waals surface area contributed by atoms with Crippen molar-refractivity contribution in [3.63, 3.8) is 0 Å². The van der Waals surface area contributed by atoms with E-state index in [0.717, 1.165) is 29.3 Å². The number of aromatic nitrogens is 2. The molecule has 0 aromatic carbocycles. The van der Waals surface area contributed by atoms with E-state index in [9.17, 15) is 0 Å². The maximum Gasteiger partial charge on any atom is 0.144 e. The van der Waals surface area contributed by atoms with E-state index >= 15 is 0 Å². The quantitative estimate of drug-likeness (QED) is 0.879. The van der Waals surface area contributed by atoms with Crippen LogP contribution in [0, 0.1) is 6.92 Å². The molecule has 1 unspecified atom stereocenters. The van der Waals surface area contributed by atoms with E-state index in [1.165, 1.54) is 11.5 Å². The molecule has 5 heteroatoms. The Balaban J connectivity index is 2.29. The number of nitrogens with zero attached hydrogens (tertiary/aromatic N) is 2. The molecule has 16 heavy (non-hydrogen) atoms. The number of anilines is 1. The molecular formula is C11H17N3S2. The van der Waals surface area contributed by atoms with Gasteiger partial charge in [-0.3, -0.25) is 0 Å². The molecule has 2 N–H and O–H groups in total. The smallest absolute Gasteiger partial charge is 0.144 e. The molecule has 1 atom stereocenters. The highest BCUT2D eigenvalue weighted by Crippen LogP contribution is 2.35. The monoisotopic (exact) mass is 255 g/mol. The SMILES string of the molecule is CCc1nc(C2CSCCS2)nc(N)c1C. The van der Waals surface area contributed by atoms with Crippen LogP contribution in [0.2, 0.25) is 0 Å². The van der Waals surface area contributed by atoms with Gasteiger partial charge in [0.05, 0.1) is 5.25 Å². The molecule has 0 radical (unpaired) electrons. The van der Waals surface area contributed by atoms with Crippen LogP contribution in [0.5, 0.6) is 0 Å². The fourth-order valence-corrected chi connectivity index (χ4v) is 4.33. The predicted molar refractivity (Wildman–Crippen MR) is 73.1 cm³/mol. The summed E-state index contributed by atoms with van der Waals surface area (Å²) in [7, 11) is 0. The number of rotatable bonds is 2. The minimum atomic E-state index is 0.423. The van der Waals surface area contributed by atoms with Gasteiger partial charge in [-0.25, -0.2) is 9.97 Å². The van der Waals surface area contributed by atoms with Crippen molar-refractivity contribution in [1.29, 1.82) is 0 Å². The number of aryl methyl sites for hydroxylation is 1. The Morgan fingerprint density at radius 1 is 1.38 bits per heavy atom. The van der Waals surface area contributed by atoms with Crippen LogP contribution >= 0.6 is 23.5 Å². The zero-order chi connectivity index (χ0) is 11.5. The summed E-state index contributed by atoms with van der Waals surface area (Å²) in [6, 6.07) is 0. The van der Waals surface area contributed by atoms with Gasteiger partial charge < -0.3 is 5.73 Å². The Morgan fingerprint density at radius 2 is 2.19 bits per heavy atom. The van der Waals surface area contributed by atoms with Crippen molar-refractivity contribution < 1.29 is 0 Å². The average molecular weight is 255 g/mol. The number of hydrogen-bond donors (Lipinski definition) is 1. The molecule has 0 aliphatic carbocycles. The maximum atomic E-state index is 5.94. The summed E-state index contributed by atoms with van der Waals surface area (Å²) in [6.07, 6.45) is 0.927. The highest BCUT2D eigenvalue weighted by Gasteiger charge is 2.20. The molecule has 0 bridgehead atoms. The van der Waals surface area contributed by atoms with Crippen LogP contribution in [0.3, 0.4) is 0 Å². The molecule has 3 nitrogen and oxygen atoms in total. The Labute approximate surface area is 105 Å². The van der Waals surface area contributed by atoms with Gasteiger partial charge in [-0.15, -0.1) is 11.8 Å². The van der Waals surface area contributed by atoms with E-state index in [2.05, 4.69) is 16.9 Å². The van der Waals surface area contributed by atoms with Gasteiger partial charge in [-0.05, 0) is 13.3 Å². The summed E-state index contributed by atoms with van der Waals surface area (Å²) < 4.78 is 0. The van der Waals surface area contributed by atoms with Crippen molar-refractivity contribution in [3.8, 4) is 0 Å². The molecule has 1 aliphatic heterocycles. The molecule has 88 valence electrons. The molecule has 2 heterocycles. The third-order valence-corrected chi connectivity index (χ3v) is 5.49. The lowest BCUT2D eigenvalue weighted by Gasteiger charge is -2.20. The molecule has 0 amide bonds. The fraction of sp³-hybridized carbons (Fsp3) is 0.636. The molecule has 0 saturated carbocycles. The molecule has 1 aliphatic rings. The first-order valence-corrected chi connectivity index (χ1v) is 7.75. The average Bonchev–Trinajstić information content (AvgIpc) is 2.33. The first-order valence-electron chi connectivity index (χ1n) is 5.54. The maximum absolute atomic E-state index is 5.94. The van der Waals surface area contributed by atoms with Crippen molar-refractivity contribution >= 4 is 29.3 Å². The fourth-order valence-electron chi connectivity index (χ4n) is 1.73. The van der Waals surface area contributed by atoms with Crippen LogP contribution in [-0.4, -0.2) is 27.2 Å². The third kappa shape index (κ3) is 2.46. The van der Waals surface area contributed by atoms with E-state index in [1.54, 1.807) is 0 Å². The van der Waals surface area contributed by atoms with Gasteiger partial charge in [0.25, 0.3) is 0 Å². The first kappa shape index (κ1) is 12.0. The molecule has 1 fully saturated rings. The van der Waals surface area contributed by atoms with Crippen LogP contribution in [0.1, 0.15) is 29.3 Å². The number of nitrogens with two attached hydrogens (primary N) is 1. The van der Waals surface area contributed by atoms with Crippen LogP contribution < -0.4 is 5.73 Å². The summed E-state index contributed by atoms with van der Waals surface area (Å²) in [4.78, 5) is 9.09. The molecule has 1 aromatic rings. The predicted octanol–water partition coefficient (Wildman–Crippen LogP) is 2.45. The highest BCUT2D eigenvalue weighted by atomic mass is 32.2. The number of thioether (sulfide) groups is 2. The third-order valence-electron chi connectivity index (χ3n) is 2.74. The summed E-state index contributed by atoms with van der Waals surface area (Å²) in [6.45, 7) is 4.11. The Hall–Kier alpha value is -0.420. The highest BCUT2D eigenvalue weighted by molar-refractivity contribution is 8.06. The standard InChI is InChI=1S/C11H17N3S2/c1-3-8-7(2)10(12)14-11(13-8)9-6-15-4-5-16-9/h9H,3-6H2,1-2H3,(H2,12,13,14). The number of hydrogen-bond acceptors (Lipinski definition) is 5. The summed E-state index contributed by atoms with van der Waals surface area (Å²) in [5.74, 6) is 5.11. The van der Waals surface area contributed by atoms with Crippen molar-refractivity contribution in [2.45, 2.75) is 25.5 Å². The topological polar surface area (TPSA) is 51.8 Å². The van der Waals surface area contributed by atoms with Gasteiger partial charge in [0.2, 0.25) is 0 Å². The van der Waals surface area contributed by atoms with Crippen molar-refractivity contribution in [1.82, 2.24) is 9.97 Å². The van der Waals surface area contributed by atoms with Gasteiger partial charge >= 0.3 is 0 Å². The van der Waals surface area contributed by atoms with Gasteiger partial charge in [-0.2, -0.15) is 11.8 Å². The lowest BCUT2D eigenvalue weighted by atomic mass is 10.2. The lowest BCUT2D eigenvalue weighted by Crippen LogP contribution is -2.13. The van der Waals surface area contributed by atoms with E-state index in [-0.39, 0.29) is 0 Å². The van der Waals surface area contributed by atoms with Crippen LogP contribution in [0.15, 0.2) is 0 Å². The lowest BCUT2D eigenvalue weighted by molar-refractivity contribution is 0.869. The second-order valence-electron chi connectivity index (χ2n) is 3.83. The molecule has 0 spiro atoms. The molecule has 1 aromatic heterocycles. The molecule has 2 rings (SSSR count). The number of nitrogen functional groups attached to an aromatic ring is 1. The summed E-state index contributed by atoms with van der Waals surface area (Å²) >= 11 is 3.93. The van der Waals surface area contributed by atoms with Crippen molar-refractivity contribution in [2.24, 2.45) is 0 Å². The Morgan fingerprint density at radius 3 is 2.81 bits per heavy atom. The largest absolute Gasteiger partial charge is 0.383 e. The Bertz CT molecular complexity index is 376. The minimum absolute atomic E-state index is 0.423. The Kier molecular flexibility index (Phi) is 3.97. The van der Waals surface area contributed by atoms with E-state index in [4.69, 9.17) is 5.73 Å². The second kappa shape index (κ2) is 5.27. The van der Waals surface area contributed by atoms with Gasteiger partial charge in [0.1, 0.15) is 11.6 Å². The summed E-state index contributed by atoms with van der Waals surface area (Å²) in [5.41, 5.74) is 8.07. The molecule has 1 saturated heterocycles. The van der Waals surface area contributed by atoms with Gasteiger partial charge in [0, 0.05) is 28.5 Å². The molecular weight excluding hydrogens is 238 g/mol. The van der Waals surface area contributed by atoms with E-state index in [0.29, 0.717) is 11.1 Å². The second-order valence-corrected chi connectivity index (χ2v) is 6.29. The summed E-state index contributed by atoms with van der Waals surface area (Å²) in [5, 5.41) is 0.423. The van der Waals surface area contributed by atoms with Gasteiger partial charge in [-0.1, -0.05) is 6.92 Å². The van der Waals surface area contributed by atoms with Crippen molar-refractivity contribution in [3.05, 3.63) is 17.1 Å². The van der Waals surface area contributed by atoms with Crippen LogP contribution in [-0.2, 0) is 6.42 Å². The zero-order valence-electron chi connectivity index (χ0n) is 9.69. The minimum Gasteiger partial charge on any atom is -0.383 e. The van der Waals surface area contributed by atoms with Crippen LogP contribution in [0.25, 0.3) is 0 Å². The zero-order valence-corrected chi connectivity index (χ0v) is 11.3. The van der Waals surface area contributed by atoms with Gasteiger partial charge in [0.15, 0.2) is 0 Å². The normalized spacial score (nSPS) is 21.0. The van der Waals surface area contributed by atoms with E-state index in [1.807, 2.05) is 30.4 Å². The first-order chi connectivity index (χ1) is 7.72. The van der Waals surface area contributed by atoms with Crippen LogP contribution in [0.4, 0.5) is 5.82 Å². The van der Waals surface area contributed by atoms with E-state index < -0.39 is 0 Å². The van der Waals surface area contributed by atoms with Crippen molar-refractivity contribution in [2.75, 3.05) is 23.0 Å².